The molecule has 1 saturated heterocycles. The van der Waals surface area contributed by atoms with Crippen molar-refractivity contribution in [1.29, 1.82) is 0 Å². The summed E-state index contributed by atoms with van der Waals surface area (Å²) < 4.78 is 0. The quantitative estimate of drug-likeness (QED) is 0.192. The van der Waals surface area contributed by atoms with Gasteiger partial charge in [-0.25, -0.2) is 0 Å². The summed E-state index contributed by atoms with van der Waals surface area (Å²) in [6.45, 7) is 15.9. The van der Waals surface area contributed by atoms with Crippen LogP contribution in [0.3, 0.4) is 0 Å². The van der Waals surface area contributed by atoms with E-state index in [4.69, 9.17) is 0 Å². The van der Waals surface area contributed by atoms with Crippen LogP contribution in [-0.4, -0.2) is 113 Å². The number of carbonyl (C=O) groups is 6. The maximum atomic E-state index is 12.1. The van der Waals surface area contributed by atoms with E-state index in [-0.39, 0.29) is 29.8 Å². The molecule has 14 nitrogen and oxygen atoms in total. The average molecular weight is 736 g/mol. The molecule has 3 aliphatic rings. The van der Waals surface area contributed by atoms with Gasteiger partial charge in [-0.1, -0.05) is 79.6 Å². The van der Waals surface area contributed by atoms with Crippen molar-refractivity contribution in [3.05, 3.63) is 24.3 Å². The smallest absolute Gasteiger partial charge is 0.242 e. The Bertz CT molecular complexity index is 1100. The lowest BCUT2D eigenvalue weighted by Crippen LogP contribution is -2.51. The zero-order valence-electron chi connectivity index (χ0n) is 33.4. The largest absolute Gasteiger partial charge is 0.367 e. The fourth-order valence-corrected chi connectivity index (χ4v) is 4.68. The molecule has 1 aliphatic heterocycles. The number of likely N-dealkylation sites (N-methyl/N-ethyl adjacent to an activating group) is 2. The molecule has 3 fully saturated rings. The van der Waals surface area contributed by atoms with Crippen molar-refractivity contribution >= 4 is 36.7 Å². The highest BCUT2D eigenvalue weighted by atomic mass is 16.3. The molecule has 0 bridgehead atoms. The van der Waals surface area contributed by atoms with Crippen LogP contribution in [0.15, 0.2) is 18.6 Å². The zero-order valence-corrected chi connectivity index (χ0v) is 33.4. The Balaban J connectivity index is 0. The third-order valence-corrected chi connectivity index (χ3v) is 7.89. The van der Waals surface area contributed by atoms with E-state index in [1.54, 1.807) is 25.5 Å². The lowest BCUT2D eigenvalue weighted by molar-refractivity contribution is -0.153. The number of aliphatic hydroxyl groups is 1. The predicted octanol–water partition coefficient (Wildman–Crippen LogP) is 3.74. The highest BCUT2D eigenvalue weighted by molar-refractivity contribution is 5.88. The first-order valence-electron chi connectivity index (χ1n) is 18.7. The molecule has 2 heterocycles. The molecular formula is C38H69N7O7. The molecule has 1 aromatic heterocycles. The summed E-state index contributed by atoms with van der Waals surface area (Å²) in [6, 6.07) is -0.195. The normalized spacial score (nSPS) is 17.2. The minimum atomic E-state index is -1.30. The third-order valence-electron chi connectivity index (χ3n) is 7.89. The van der Waals surface area contributed by atoms with Crippen LogP contribution in [0.1, 0.15) is 125 Å². The Morgan fingerprint density at radius 1 is 0.962 bits per heavy atom. The van der Waals surface area contributed by atoms with E-state index in [1.165, 1.54) is 69.6 Å². The van der Waals surface area contributed by atoms with Crippen LogP contribution >= 0.6 is 0 Å². The number of hydrogen-bond acceptors (Lipinski definition) is 10. The molecule has 0 aromatic carbocycles. The highest BCUT2D eigenvalue weighted by Crippen LogP contribution is 2.19. The van der Waals surface area contributed by atoms with Crippen molar-refractivity contribution < 1.29 is 33.9 Å². The van der Waals surface area contributed by atoms with Crippen molar-refractivity contribution in [2.45, 2.75) is 150 Å². The number of hydrogen-bond donors (Lipinski definition) is 4. The summed E-state index contributed by atoms with van der Waals surface area (Å²) in [6.07, 6.45) is 20.0. The topological polar surface area (TPSA) is 191 Å². The van der Waals surface area contributed by atoms with Gasteiger partial charge in [0.15, 0.2) is 12.0 Å². The molecule has 3 atom stereocenters. The number of likely N-dealkylation sites (tertiary alicyclic amines) is 1. The van der Waals surface area contributed by atoms with Gasteiger partial charge < -0.3 is 30.8 Å². The van der Waals surface area contributed by atoms with Crippen LogP contribution in [0.4, 0.5) is 0 Å². The SMILES string of the molecule is C1CCCCC1.CC(C)(C)C(C=O)NC(=O)CNC=O.CCC.CCN(C(=O)C1CCCN1C)C(O)C(C)=O.Cc1cnccn1.O=CNC1CC1. The summed E-state index contributed by atoms with van der Waals surface area (Å²) in [7, 11) is 1.89. The number of aryl methyl sites for hydroxylation is 1. The predicted molar refractivity (Wildman–Crippen MR) is 204 cm³/mol. The Labute approximate surface area is 312 Å². The molecule has 2 saturated carbocycles. The van der Waals surface area contributed by atoms with E-state index in [9.17, 15) is 33.9 Å². The molecule has 0 radical (unpaired) electrons. The zero-order chi connectivity index (χ0) is 40.0. The first-order valence-corrected chi connectivity index (χ1v) is 18.7. The van der Waals surface area contributed by atoms with E-state index in [0.29, 0.717) is 25.3 Å². The fraction of sp³-hybridized carbons (Fsp3) is 0.737. The molecular weight excluding hydrogens is 666 g/mol. The van der Waals surface area contributed by atoms with Crippen molar-refractivity contribution in [3.63, 3.8) is 0 Å². The maximum Gasteiger partial charge on any atom is 0.242 e. The van der Waals surface area contributed by atoms with Gasteiger partial charge in [0.2, 0.25) is 24.6 Å². The van der Waals surface area contributed by atoms with E-state index >= 15 is 0 Å². The lowest BCUT2D eigenvalue weighted by Gasteiger charge is -2.30. The third kappa shape index (κ3) is 26.1. The molecule has 4 N–H and O–H groups in total. The van der Waals surface area contributed by atoms with Gasteiger partial charge in [-0.2, -0.15) is 0 Å². The van der Waals surface area contributed by atoms with Crippen LogP contribution in [0.2, 0.25) is 0 Å². The summed E-state index contributed by atoms with van der Waals surface area (Å²) in [4.78, 5) is 75.4. The number of amides is 4. The maximum absolute atomic E-state index is 12.1. The van der Waals surface area contributed by atoms with Crippen molar-refractivity contribution in [1.82, 2.24) is 35.7 Å². The van der Waals surface area contributed by atoms with Gasteiger partial charge in [0.1, 0.15) is 6.29 Å². The van der Waals surface area contributed by atoms with Gasteiger partial charge in [0.05, 0.1) is 24.3 Å². The summed E-state index contributed by atoms with van der Waals surface area (Å²) >= 11 is 0. The van der Waals surface area contributed by atoms with Crippen LogP contribution in [0.25, 0.3) is 0 Å². The standard InChI is InChI=1S/C11H20N2O3.C9H16N2O3.C6H12.C5H6N2.C4H7NO.C3H8/c1-4-13(10(15)8(2)14)11(16)9-6-5-7-12(9)3;1-9(2,3)7(5-12)11-8(14)4-10-6-13;1-2-4-6-5-3-1;1-5-4-6-2-3-7-5;6-3-5-4-1-2-4;1-3-2/h9-10,15H,4-7H2,1-3H3;5-7H,4H2,1-3H3,(H,10,13)(H,11,14);1-6H2;2-4H,1H3;3-4H,1-2H2,(H,5,6);3H2,1-2H3. The molecule has 0 spiro atoms. The minimum Gasteiger partial charge on any atom is -0.367 e. The number of aliphatic hydroxyl groups excluding tert-OH is 1. The number of aromatic nitrogens is 2. The fourth-order valence-electron chi connectivity index (χ4n) is 4.68. The van der Waals surface area contributed by atoms with Crippen molar-refractivity contribution in [2.75, 3.05) is 26.7 Å². The number of aldehydes is 1. The molecule has 4 amide bonds. The number of nitrogens with zero attached hydrogens (tertiary/aromatic N) is 4. The number of ketones is 1. The van der Waals surface area contributed by atoms with Gasteiger partial charge in [0, 0.05) is 31.2 Å². The van der Waals surface area contributed by atoms with E-state index < -0.39 is 18.1 Å². The second-order valence-corrected chi connectivity index (χ2v) is 14.0. The summed E-state index contributed by atoms with van der Waals surface area (Å²) in [5, 5.41) is 17.0. The molecule has 1 aromatic rings. The Morgan fingerprint density at radius 2 is 1.52 bits per heavy atom. The van der Waals surface area contributed by atoms with Gasteiger partial charge in [-0.05, 0) is 65.5 Å². The van der Waals surface area contributed by atoms with Crippen molar-refractivity contribution in [3.8, 4) is 0 Å². The number of rotatable bonds is 11. The molecule has 4 rings (SSSR count). The minimum absolute atomic E-state index is 0.107. The molecule has 52 heavy (non-hydrogen) atoms. The second kappa shape index (κ2) is 30.8. The number of nitrogens with one attached hydrogen (secondary N) is 3. The summed E-state index contributed by atoms with van der Waals surface area (Å²) in [5.41, 5.74) is 0.640. The highest BCUT2D eigenvalue weighted by Gasteiger charge is 2.34. The number of carbonyl (C=O) groups excluding carboxylic acids is 6. The van der Waals surface area contributed by atoms with E-state index in [2.05, 4.69) is 39.8 Å². The summed E-state index contributed by atoms with van der Waals surface area (Å²) in [5.74, 6) is -0.912. The monoisotopic (exact) mass is 736 g/mol. The first kappa shape index (κ1) is 50.3. The van der Waals surface area contributed by atoms with Gasteiger partial charge in [-0.15, -0.1) is 0 Å². The average Bonchev–Trinajstić information content (AvgIpc) is 3.84. The number of Topliss-reactive ketones (excluding diaryl/α,β-unsaturated/α-hetero) is 1. The second-order valence-electron chi connectivity index (χ2n) is 14.0. The molecule has 3 unspecified atom stereocenters. The lowest BCUT2D eigenvalue weighted by atomic mass is 9.88. The Kier molecular flexibility index (Phi) is 29.8. The Hall–Kier alpha value is -3.78. The van der Waals surface area contributed by atoms with Crippen LogP contribution in [0, 0.1) is 12.3 Å². The van der Waals surface area contributed by atoms with Crippen LogP contribution < -0.4 is 16.0 Å². The van der Waals surface area contributed by atoms with Gasteiger partial charge in [0.25, 0.3) is 0 Å². The van der Waals surface area contributed by atoms with Crippen molar-refractivity contribution in [2.24, 2.45) is 5.41 Å². The van der Waals surface area contributed by atoms with Gasteiger partial charge in [-0.3, -0.25) is 38.8 Å². The first-order chi connectivity index (χ1) is 24.6. The van der Waals surface area contributed by atoms with E-state index in [1.807, 2.05) is 39.6 Å². The van der Waals surface area contributed by atoms with E-state index in [0.717, 1.165) is 31.5 Å². The Morgan fingerprint density at radius 3 is 1.81 bits per heavy atom. The molecule has 298 valence electrons. The van der Waals surface area contributed by atoms with Crippen LogP contribution in [-0.2, 0) is 28.8 Å². The van der Waals surface area contributed by atoms with Crippen LogP contribution in [0.5, 0.6) is 0 Å². The molecule has 2 aliphatic carbocycles. The molecule has 14 heteroatoms. The van der Waals surface area contributed by atoms with Gasteiger partial charge >= 0.3 is 0 Å².